The number of carbonyl (C=O) groups excluding carboxylic acids is 1. The lowest BCUT2D eigenvalue weighted by atomic mass is 10.1. The molecular formula is C14H13ClN2O2. The molecule has 1 aromatic heterocycles. The summed E-state index contributed by atoms with van der Waals surface area (Å²) >= 11 is 5.93. The molecule has 1 fully saturated rings. The number of halogens is 1. The highest BCUT2D eigenvalue weighted by Gasteiger charge is 2.23. The van der Waals surface area contributed by atoms with E-state index in [-0.39, 0.29) is 11.7 Å². The van der Waals surface area contributed by atoms with E-state index >= 15 is 0 Å². The van der Waals surface area contributed by atoms with Crippen LogP contribution in [0.15, 0.2) is 34.9 Å². The highest BCUT2D eigenvalue weighted by atomic mass is 35.5. The van der Waals surface area contributed by atoms with Crippen LogP contribution >= 0.6 is 11.6 Å². The van der Waals surface area contributed by atoms with E-state index in [4.69, 9.17) is 16.1 Å². The van der Waals surface area contributed by atoms with Crippen LogP contribution in [-0.2, 0) is 0 Å². The Labute approximate surface area is 115 Å². The van der Waals surface area contributed by atoms with Crippen LogP contribution in [0.3, 0.4) is 0 Å². The Hall–Kier alpha value is -1.81. The van der Waals surface area contributed by atoms with Crippen LogP contribution in [0.2, 0.25) is 5.02 Å². The Morgan fingerprint density at radius 2 is 2.05 bits per heavy atom. The van der Waals surface area contributed by atoms with Crippen molar-refractivity contribution in [2.24, 2.45) is 0 Å². The summed E-state index contributed by atoms with van der Waals surface area (Å²) in [6, 6.07) is 8.99. The molecule has 1 amide bonds. The van der Waals surface area contributed by atoms with Gasteiger partial charge in [-0.1, -0.05) is 28.9 Å². The number of nitrogens with zero attached hydrogens (tertiary/aromatic N) is 2. The van der Waals surface area contributed by atoms with Crippen LogP contribution < -0.4 is 0 Å². The highest BCUT2D eigenvalue weighted by Crippen LogP contribution is 2.23. The normalized spacial score (nSPS) is 14.9. The molecule has 0 atom stereocenters. The molecule has 4 nitrogen and oxygen atoms in total. The van der Waals surface area contributed by atoms with Crippen molar-refractivity contribution in [3.63, 3.8) is 0 Å². The molecule has 98 valence electrons. The van der Waals surface area contributed by atoms with E-state index in [1.165, 1.54) is 0 Å². The Morgan fingerprint density at radius 3 is 2.79 bits per heavy atom. The first-order valence-corrected chi connectivity index (χ1v) is 6.64. The summed E-state index contributed by atoms with van der Waals surface area (Å²) in [5.41, 5.74) is 1.47. The van der Waals surface area contributed by atoms with Gasteiger partial charge in [0.05, 0.1) is 0 Å². The Bertz CT molecular complexity index is 603. The molecule has 0 spiro atoms. The van der Waals surface area contributed by atoms with Gasteiger partial charge in [-0.3, -0.25) is 4.79 Å². The van der Waals surface area contributed by atoms with Gasteiger partial charge in [0.2, 0.25) is 5.76 Å². The summed E-state index contributed by atoms with van der Waals surface area (Å²) in [4.78, 5) is 13.9. The van der Waals surface area contributed by atoms with Gasteiger partial charge in [-0.2, -0.15) is 0 Å². The smallest absolute Gasteiger partial charge is 0.292 e. The number of hydrogen-bond acceptors (Lipinski definition) is 3. The lowest BCUT2D eigenvalue weighted by molar-refractivity contribution is 0.0751. The molecule has 0 saturated carbocycles. The Balaban J connectivity index is 1.85. The van der Waals surface area contributed by atoms with Crippen molar-refractivity contribution in [1.29, 1.82) is 0 Å². The van der Waals surface area contributed by atoms with Crippen molar-refractivity contribution in [2.75, 3.05) is 13.1 Å². The summed E-state index contributed by atoms with van der Waals surface area (Å²) in [6.45, 7) is 1.60. The number of hydrogen-bond donors (Lipinski definition) is 0. The molecule has 0 unspecified atom stereocenters. The SMILES string of the molecule is O=C(c1cc(-c2cccc(Cl)c2)no1)N1CCCC1. The van der Waals surface area contributed by atoms with E-state index in [0.29, 0.717) is 10.7 Å². The highest BCUT2D eigenvalue weighted by molar-refractivity contribution is 6.30. The Kier molecular flexibility index (Phi) is 3.25. The fourth-order valence-corrected chi connectivity index (χ4v) is 2.43. The van der Waals surface area contributed by atoms with Gasteiger partial charge in [0, 0.05) is 29.7 Å². The minimum absolute atomic E-state index is 0.0849. The molecule has 2 aromatic rings. The molecule has 1 saturated heterocycles. The lowest BCUT2D eigenvalue weighted by Crippen LogP contribution is -2.27. The van der Waals surface area contributed by atoms with E-state index < -0.39 is 0 Å². The predicted molar refractivity (Wildman–Crippen MR) is 72.1 cm³/mol. The van der Waals surface area contributed by atoms with Gasteiger partial charge in [0.1, 0.15) is 5.69 Å². The third kappa shape index (κ3) is 2.49. The number of aromatic nitrogens is 1. The molecular weight excluding hydrogens is 264 g/mol. The number of rotatable bonds is 2. The van der Waals surface area contributed by atoms with Crippen LogP contribution in [0.4, 0.5) is 0 Å². The van der Waals surface area contributed by atoms with E-state index in [1.807, 2.05) is 12.1 Å². The maximum atomic E-state index is 12.1. The number of amides is 1. The van der Waals surface area contributed by atoms with Crippen LogP contribution in [0.5, 0.6) is 0 Å². The first-order valence-electron chi connectivity index (χ1n) is 6.26. The maximum absolute atomic E-state index is 12.1. The molecule has 0 N–H and O–H groups in total. The zero-order valence-corrected chi connectivity index (χ0v) is 11.1. The van der Waals surface area contributed by atoms with Gasteiger partial charge in [-0.25, -0.2) is 0 Å². The van der Waals surface area contributed by atoms with Crippen LogP contribution in [0.25, 0.3) is 11.3 Å². The summed E-state index contributed by atoms with van der Waals surface area (Å²) in [7, 11) is 0. The molecule has 19 heavy (non-hydrogen) atoms. The van der Waals surface area contributed by atoms with Crippen LogP contribution in [-0.4, -0.2) is 29.1 Å². The maximum Gasteiger partial charge on any atom is 0.292 e. The number of likely N-dealkylation sites (tertiary alicyclic amines) is 1. The van der Waals surface area contributed by atoms with Crippen molar-refractivity contribution in [1.82, 2.24) is 10.1 Å². The first kappa shape index (κ1) is 12.2. The van der Waals surface area contributed by atoms with Crippen molar-refractivity contribution in [3.8, 4) is 11.3 Å². The van der Waals surface area contributed by atoms with E-state index in [9.17, 15) is 4.79 Å². The summed E-state index contributed by atoms with van der Waals surface area (Å²) in [5, 5.41) is 4.57. The summed E-state index contributed by atoms with van der Waals surface area (Å²) in [5.74, 6) is 0.204. The second-order valence-corrected chi connectivity index (χ2v) is 5.02. The largest absolute Gasteiger partial charge is 0.350 e. The molecule has 0 radical (unpaired) electrons. The second-order valence-electron chi connectivity index (χ2n) is 4.59. The van der Waals surface area contributed by atoms with E-state index in [0.717, 1.165) is 31.5 Å². The second kappa shape index (κ2) is 5.05. The van der Waals surface area contributed by atoms with E-state index in [2.05, 4.69) is 5.16 Å². The van der Waals surface area contributed by atoms with Gasteiger partial charge in [0.25, 0.3) is 5.91 Å². The van der Waals surface area contributed by atoms with Gasteiger partial charge in [0.15, 0.2) is 0 Å². The summed E-state index contributed by atoms with van der Waals surface area (Å²) < 4.78 is 5.15. The Morgan fingerprint density at radius 1 is 1.26 bits per heavy atom. The lowest BCUT2D eigenvalue weighted by Gasteiger charge is -2.11. The molecule has 5 heteroatoms. The zero-order chi connectivity index (χ0) is 13.2. The fraction of sp³-hybridized carbons (Fsp3) is 0.286. The fourth-order valence-electron chi connectivity index (χ4n) is 2.24. The van der Waals surface area contributed by atoms with Crippen molar-refractivity contribution >= 4 is 17.5 Å². The summed E-state index contributed by atoms with van der Waals surface area (Å²) in [6.07, 6.45) is 2.11. The monoisotopic (exact) mass is 276 g/mol. The third-order valence-corrected chi connectivity index (χ3v) is 3.47. The molecule has 0 aliphatic carbocycles. The van der Waals surface area contributed by atoms with Gasteiger partial charge >= 0.3 is 0 Å². The molecule has 2 heterocycles. The van der Waals surface area contributed by atoms with Crippen LogP contribution in [0, 0.1) is 0 Å². The van der Waals surface area contributed by atoms with E-state index in [1.54, 1.807) is 23.1 Å². The molecule has 1 aromatic carbocycles. The molecule has 3 rings (SSSR count). The average molecular weight is 277 g/mol. The predicted octanol–water partition coefficient (Wildman–Crippen LogP) is 3.23. The first-order chi connectivity index (χ1) is 9.24. The zero-order valence-electron chi connectivity index (χ0n) is 10.3. The van der Waals surface area contributed by atoms with Crippen molar-refractivity contribution < 1.29 is 9.32 Å². The van der Waals surface area contributed by atoms with Crippen molar-refractivity contribution in [2.45, 2.75) is 12.8 Å². The molecule has 1 aliphatic heterocycles. The van der Waals surface area contributed by atoms with Crippen LogP contribution in [0.1, 0.15) is 23.4 Å². The van der Waals surface area contributed by atoms with Gasteiger partial charge in [-0.15, -0.1) is 0 Å². The third-order valence-electron chi connectivity index (χ3n) is 3.23. The number of carbonyl (C=O) groups is 1. The number of benzene rings is 1. The topological polar surface area (TPSA) is 46.3 Å². The molecule has 1 aliphatic rings. The molecule has 0 bridgehead atoms. The average Bonchev–Trinajstić information content (AvgIpc) is 3.10. The standard InChI is InChI=1S/C14H13ClN2O2/c15-11-5-3-4-10(8-11)12-9-13(19-16-12)14(18)17-6-1-2-7-17/h3-5,8-9H,1-2,6-7H2. The van der Waals surface area contributed by atoms with Crippen molar-refractivity contribution in [3.05, 3.63) is 41.1 Å². The quantitative estimate of drug-likeness (QED) is 0.846. The van der Waals surface area contributed by atoms with Gasteiger partial charge < -0.3 is 9.42 Å². The minimum atomic E-state index is -0.0849. The van der Waals surface area contributed by atoms with Gasteiger partial charge in [-0.05, 0) is 25.0 Å². The minimum Gasteiger partial charge on any atom is -0.350 e.